The van der Waals surface area contributed by atoms with Crippen molar-refractivity contribution in [3.8, 4) is 0 Å². The van der Waals surface area contributed by atoms with E-state index in [1.165, 1.54) is 54.6 Å². The van der Waals surface area contributed by atoms with Crippen molar-refractivity contribution >= 4 is 50.8 Å². The van der Waals surface area contributed by atoms with Crippen LogP contribution in [0.25, 0.3) is 0 Å². The predicted molar refractivity (Wildman–Crippen MR) is 128 cm³/mol. The van der Waals surface area contributed by atoms with Gasteiger partial charge in [0, 0.05) is 28.8 Å². The number of nitrogens with one attached hydrogen (secondary N) is 1. The fourth-order valence-corrected chi connectivity index (χ4v) is 4.55. The lowest BCUT2D eigenvalue weighted by molar-refractivity contribution is -0.384. The van der Waals surface area contributed by atoms with E-state index in [4.69, 9.17) is 11.6 Å². The SMILES string of the molecule is O=C(CN(c1ccccc1[N+](=O)[O-])S(=O)(=O)c1ccccc1)N/N=C\c1cc([N+](=O)[O-])ccc1Cl. The van der Waals surface area contributed by atoms with E-state index in [1.807, 2.05) is 0 Å². The Morgan fingerprint density at radius 2 is 1.66 bits per heavy atom. The minimum Gasteiger partial charge on any atom is -0.271 e. The third-order valence-electron chi connectivity index (χ3n) is 4.55. The van der Waals surface area contributed by atoms with Gasteiger partial charge in [0.2, 0.25) is 0 Å². The molecule has 0 fully saturated rings. The minimum atomic E-state index is -4.38. The maximum absolute atomic E-state index is 13.3. The number of hydrogen-bond acceptors (Lipinski definition) is 8. The molecule has 0 aromatic heterocycles. The van der Waals surface area contributed by atoms with Crippen LogP contribution >= 0.6 is 11.6 Å². The van der Waals surface area contributed by atoms with Crippen molar-refractivity contribution in [1.29, 1.82) is 0 Å². The van der Waals surface area contributed by atoms with Crippen molar-refractivity contribution < 1.29 is 23.1 Å². The van der Waals surface area contributed by atoms with E-state index < -0.39 is 38.0 Å². The summed E-state index contributed by atoms with van der Waals surface area (Å²) in [5, 5.41) is 26.2. The molecule has 1 N–H and O–H groups in total. The van der Waals surface area contributed by atoms with Crippen LogP contribution in [0.3, 0.4) is 0 Å². The van der Waals surface area contributed by atoms with E-state index in [-0.39, 0.29) is 26.9 Å². The number of rotatable bonds is 9. The summed E-state index contributed by atoms with van der Waals surface area (Å²) in [4.78, 5) is 33.5. The lowest BCUT2D eigenvalue weighted by Gasteiger charge is -2.23. The number of sulfonamides is 1. The number of nitro benzene ring substituents is 2. The molecule has 12 nitrogen and oxygen atoms in total. The molecule has 0 aliphatic carbocycles. The molecule has 0 heterocycles. The second-order valence-electron chi connectivity index (χ2n) is 6.83. The molecule has 0 spiro atoms. The first-order valence-corrected chi connectivity index (χ1v) is 11.5. The van der Waals surface area contributed by atoms with Crippen molar-refractivity contribution in [2.45, 2.75) is 4.90 Å². The van der Waals surface area contributed by atoms with Crippen LogP contribution < -0.4 is 9.73 Å². The van der Waals surface area contributed by atoms with Crippen LogP contribution in [0, 0.1) is 20.2 Å². The number of carbonyl (C=O) groups is 1. The zero-order valence-corrected chi connectivity index (χ0v) is 19.2. The van der Waals surface area contributed by atoms with Crippen LogP contribution in [0.1, 0.15) is 5.56 Å². The molecule has 14 heteroatoms. The average Bonchev–Trinajstić information content (AvgIpc) is 2.84. The molecule has 3 aromatic rings. The van der Waals surface area contributed by atoms with Gasteiger partial charge in [0.25, 0.3) is 27.3 Å². The number of halogens is 1. The number of para-hydroxylation sites is 2. The molecular weight excluding hydrogens is 502 g/mol. The molecule has 0 radical (unpaired) electrons. The van der Waals surface area contributed by atoms with Crippen LogP contribution in [-0.2, 0) is 14.8 Å². The van der Waals surface area contributed by atoms with Crippen molar-refractivity contribution in [2.24, 2.45) is 5.10 Å². The molecule has 35 heavy (non-hydrogen) atoms. The highest BCUT2D eigenvalue weighted by molar-refractivity contribution is 7.92. The summed E-state index contributed by atoms with van der Waals surface area (Å²) in [6.45, 7) is -0.845. The second kappa shape index (κ2) is 10.7. The monoisotopic (exact) mass is 517 g/mol. The van der Waals surface area contributed by atoms with E-state index in [0.29, 0.717) is 4.31 Å². The number of carbonyl (C=O) groups excluding carboxylic acids is 1. The summed E-state index contributed by atoms with van der Waals surface area (Å²) >= 11 is 5.98. The van der Waals surface area contributed by atoms with Gasteiger partial charge < -0.3 is 0 Å². The number of hydrogen-bond donors (Lipinski definition) is 1. The summed E-state index contributed by atoms with van der Waals surface area (Å²) < 4.78 is 27.2. The molecular formula is C21H16ClN5O7S. The van der Waals surface area contributed by atoms with Crippen molar-refractivity contribution in [1.82, 2.24) is 5.43 Å². The zero-order chi connectivity index (χ0) is 25.6. The first kappa shape index (κ1) is 25.3. The van der Waals surface area contributed by atoms with Crippen LogP contribution in [-0.4, -0.2) is 36.9 Å². The van der Waals surface area contributed by atoms with Gasteiger partial charge in [-0.25, -0.2) is 18.1 Å². The Morgan fingerprint density at radius 3 is 2.31 bits per heavy atom. The highest BCUT2D eigenvalue weighted by Gasteiger charge is 2.31. The van der Waals surface area contributed by atoms with Crippen LogP contribution in [0.15, 0.2) is 82.8 Å². The average molecular weight is 518 g/mol. The van der Waals surface area contributed by atoms with E-state index in [1.54, 1.807) is 6.07 Å². The molecule has 0 aliphatic rings. The Hall–Kier alpha value is -4.36. The van der Waals surface area contributed by atoms with Gasteiger partial charge in [-0.1, -0.05) is 41.9 Å². The number of benzene rings is 3. The Labute approximate surface area is 203 Å². The van der Waals surface area contributed by atoms with Gasteiger partial charge in [-0.05, 0) is 24.3 Å². The van der Waals surface area contributed by atoms with Crippen LogP contribution in [0.4, 0.5) is 17.1 Å². The number of non-ortho nitro benzene ring substituents is 1. The van der Waals surface area contributed by atoms with Gasteiger partial charge in [-0.2, -0.15) is 5.10 Å². The van der Waals surface area contributed by atoms with Crippen molar-refractivity contribution in [3.63, 3.8) is 0 Å². The third-order valence-corrected chi connectivity index (χ3v) is 6.67. The highest BCUT2D eigenvalue weighted by Crippen LogP contribution is 2.32. The standard InChI is InChI=1S/C21H16ClN5O7S/c22-18-11-10-16(26(29)30)12-15(18)13-23-24-21(28)14-25(19-8-4-5-9-20(19)27(31)32)35(33,34)17-6-2-1-3-7-17/h1-13H,14H2,(H,24,28)/b23-13-. The first-order valence-electron chi connectivity index (χ1n) is 9.68. The lowest BCUT2D eigenvalue weighted by atomic mass is 10.2. The second-order valence-corrected chi connectivity index (χ2v) is 9.10. The summed E-state index contributed by atoms with van der Waals surface area (Å²) in [6, 6.07) is 15.8. The zero-order valence-electron chi connectivity index (χ0n) is 17.6. The van der Waals surface area contributed by atoms with E-state index in [0.717, 1.165) is 18.3 Å². The van der Waals surface area contributed by atoms with Gasteiger partial charge in [0.05, 0.1) is 21.0 Å². The highest BCUT2D eigenvalue weighted by atomic mass is 35.5. The normalized spacial score (nSPS) is 11.2. The Balaban J connectivity index is 1.91. The number of amides is 1. The molecule has 1 amide bonds. The van der Waals surface area contributed by atoms with E-state index in [9.17, 15) is 33.4 Å². The summed E-state index contributed by atoms with van der Waals surface area (Å²) in [7, 11) is -4.38. The van der Waals surface area contributed by atoms with E-state index >= 15 is 0 Å². The minimum absolute atomic E-state index is 0.127. The molecule has 0 saturated heterocycles. The van der Waals surface area contributed by atoms with E-state index in [2.05, 4.69) is 10.5 Å². The Morgan fingerprint density at radius 1 is 1.00 bits per heavy atom. The Kier molecular flexibility index (Phi) is 7.73. The van der Waals surface area contributed by atoms with Gasteiger partial charge in [-0.3, -0.25) is 25.0 Å². The molecule has 0 aliphatic heterocycles. The third kappa shape index (κ3) is 5.96. The van der Waals surface area contributed by atoms with Crippen LogP contribution in [0.5, 0.6) is 0 Å². The fraction of sp³-hybridized carbons (Fsp3) is 0.0476. The molecule has 3 rings (SSSR count). The lowest BCUT2D eigenvalue weighted by Crippen LogP contribution is -2.39. The first-order chi connectivity index (χ1) is 16.6. The van der Waals surface area contributed by atoms with Gasteiger partial charge in [-0.15, -0.1) is 0 Å². The number of hydrazone groups is 1. The van der Waals surface area contributed by atoms with Gasteiger partial charge in [0.1, 0.15) is 12.2 Å². The maximum Gasteiger partial charge on any atom is 0.293 e. The molecule has 180 valence electrons. The predicted octanol–water partition coefficient (Wildman–Crippen LogP) is 3.50. The van der Waals surface area contributed by atoms with Gasteiger partial charge >= 0.3 is 0 Å². The molecule has 0 unspecified atom stereocenters. The number of anilines is 1. The quantitative estimate of drug-likeness (QED) is 0.257. The summed E-state index contributed by atoms with van der Waals surface area (Å²) in [5.41, 5.74) is 1.15. The Bertz CT molecular complexity index is 1410. The maximum atomic E-state index is 13.3. The molecule has 0 atom stereocenters. The van der Waals surface area contributed by atoms with Gasteiger partial charge in [0.15, 0.2) is 0 Å². The topological polar surface area (TPSA) is 165 Å². The summed E-state index contributed by atoms with van der Waals surface area (Å²) in [6.07, 6.45) is 1.05. The molecule has 0 saturated carbocycles. The van der Waals surface area contributed by atoms with Crippen molar-refractivity contribution in [2.75, 3.05) is 10.8 Å². The molecule has 0 bridgehead atoms. The van der Waals surface area contributed by atoms with Crippen LogP contribution in [0.2, 0.25) is 5.02 Å². The number of nitrogens with zero attached hydrogens (tertiary/aromatic N) is 4. The molecule has 3 aromatic carbocycles. The largest absolute Gasteiger partial charge is 0.293 e. The summed E-state index contributed by atoms with van der Waals surface area (Å²) in [5.74, 6) is -0.930. The van der Waals surface area contributed by atoms with Crippen molar-refractivity contribution in [3.05, 3.63) is 104 Å². The smallest absolute Gasteiger partial charge is 0.271 e. The number of nitro groups is 2. The fourth-order valence-electron chi connectivity index (χ4n) is 2.93.